The smallest absolute Gasteiger partial charge is 0.300 e. The van der Waals surface area contributed by atoms with E-state index < -0.39 is 23.5 Å². The Balaban J connectivity index is 1.88. The molecule has 2 aromatic carbocycles. The molecule has 1 amide bonds. The summed E-state index contributed by atoms with van der Waals surface area (Å²) in [5.41, 5.74) is 0.471. The van der Waals surface area contributed by atoms with Crippen LogP contribution in [0.15, 0.2) is 70.9 Å². The first-order valence-electron chi connectivity index (χ1n) is 10.4. The molecule has 1 N–H and O–H groups in total. The van der Waals surface area contributed by atoms with Crippen molar-refractivity contribution in [2.75, 3.05) is 18.6 Å². The number of Topliss-reactive ketones (excluding diaryl/α,β-unsaturated/α-hetero) is 1. The number of carbonyl (C=O) groups excluding carboxylic acids is 2. The van der Waals surface area contributed by atoms with Crippen molar-refractivity contribution in [1.29, 1.82) is 0 Å². The first-order valence-corrected chi connectivity index (χ1v) is 10.7. The normalized spacial score (nSPS) is 17.4. The van der Waals surface area contributed by atoms with E-state index in [2.05, 4.69) is 0 Å². The highest BCUT2D eigenvalue weighted by atomic mass is 35.5. The molecule has 0 aliphatic carbocycles. The molecule has 8 heteroatoms. The summed E-state index contributed by atoms with van der Waals surface area (Å²) < 4.78 is 16.5. The highest BCUT2D eigenvalue weighted by molar-refractivity contribution is 6.52. The summed E-state index contributed by atoms with van der Waals surface area (Å²) in [6, 6.07) is 13.8. The van der Waals surface area contributed by atoms with Crippen LogP contribution in [0.3, 0.4) is 0 Å². The average molecular weight is 468 g/mol. The van der Waals surface area contributed by atoms with Crippen LogP contribution in [-0.2, 0) is 9.59 Å². The summed E-state index contributed by atoms with van der Waals surface area (Å²) >= 11 is 6.31. The van der Waals surface area contributed by atoms with Crippen molar-refractivity contribution in [2.24, 2.45) is 0 Å². The average Bonchev–Trinajstić information content (AvgIpc) is 3.44. The van der Waals surface area contributed by atoms with Crippen molar-refractivity contribution < 1.29 is 28.6 Å². The van der Waals surface area contributed by atoms with Crippen molar-refractivity contribution in [3.8, 4) is 11.5 Å². The predicted octanol–water partition coefficient (Wildman–Crippen LogP) is 5.36. The van der Waals surface area contributed by atoms with Crippen LogP contribution in [0.4, 0.5) is 5.69 Å². The number of anilines is 1. The number of rotatable bonds is 7. The summed E-state index contributed by atoms with van der Waals surface area (Å²) in [6.45, 7) is 2.50. The Labute approximate surface area is 195 Å². The number of ketones is 1. The second-order valence-electron chi connectivity index (χ2n) is 7.38. The lowest BCUT2D eigenvalue weighted by Crippen LogP contribution is -2.29. The molecule has 2 heterocycles. The fraction of sp³-hybridized carbons (Fsp3) is 0.200. The number of hydrogen-bond donors (Lipinski definition) is 1. The summed E-state index contributed by atoms with van der Waals surface area (Å²) in [5, 5.41) is 11.4. The van der Waals surface area contributed by atoms with Crippen LogP contribution >= 0.6 is 11.6 Å². The van der Waals surface area contributed by atoms with E-state index in [4.69, 9.17) is 25.5 Å². The Morgan fingerprint density at radius 3 is 2.64 bits per heavy atom. The van der Waals surface area contributed by atoms with Gasteiger partial charge < -0.3 is 19.0 Å². The molecule has 1 aliphatic rings. The van der Waals surface area contributed by atoms with Crippen LogP contribution in [-0.4, -0.2) is 30.5 Å². The van der Waals surface area contributed by atoms with Crippen LogP contribution in [0.25, 0.3) is 5.76 Å². The minimum Gasteiger partial charge on any atom is -0.507 e. The number of nitrogens with zero attached hydrogens (tertiary/aromatic N) is 1. The van der Waals surface area contributed by atoms with Gasteiger partial charge in [-0.15, -0.1) is 0 Å². The number of hydrogen-bond acceptors (Lipinski definition) is 6. The van der Waals surface area contributed by atoms with E-state index in [-0.39, 0.29) is 16.2 Å². The lowest BCUT2D eigenvalue weighted by Gasteiger charge is -2.24. The molecule has 0 spiro atoms. The number of ether oxygens (including phenoxy) is 2. The number of amides is 1. The maximum atomic E-state index is 13.2. The molecule has 170 valence electrons. The molecule has 4 rings (SSSR count). The van der Waals surface area contributed by atoms with Gasteiger partial charge in [-0.2, -0.15) is 0 Å². The molecule has 1 atom stereocenters. The minimum absolute atomic E-state index is 0.134. The SMILES string of the molecule is CCCOc1cccc(N2C(=O)C(=O)/C(=C(\O)c3cc(OC)ccc3Cl)C2c2ccco2)c1. The first-order chi connectivity index (χ1) is 16.0. The zero-order valence-electron chi connectivity index (χ0n) is 18.1. The van der Waals surface area contributed by atoms with Gasteiger partial charge in [0.2, 0.25) is 0 Å². The Kier molecular flexibility index (Phi) is 6.42. The number of halogens is 1. The molecule has 0 bridgehead atoms. The van der Waals surface area contributed by atoms with Gasteiger partial charge in [-0.3, -0.25) is 14.5 Å². The molecular weight excluding hydrogens is 446 g/mol. The van der Waals surface area contributed by atoms with Gasteiger partial charge in [0.1, 0.15) is 29.1 Å². The van der Waals surface area contributed by atoms with Gasteiger partial charge >= 0.3 is 0 Å². The number of benzene rings is 2. The van der Waals surface area contributed by atoms with Crippen molar-refractivity contribution in [3.63, 3.8) is 0 Å². The molecule has 0 saturated carbocycles. The van der Waals surface area contributed by atoms with E-state index in [0.29, 0.717) is 29.6 Å². The van der Waals surface area contributed by atoms with E-state index in [0.717, 1.165) is 6.42 Å². The Morgan fingerprint density at radius 1 is 1.12 bits per heavy atom. The topological polar surface area (TPSA) is 89.2 Å². The predicted molar refractivity (Wildman–Crippen MR) is 124 cm³/mol. The third kappa shape index (κ3) is 4.19. The monoisotopic (exact) mass is 467 g/mol. The molecule has 7 nitrogen and oxygen atoms in total. The van der Waals surface area contributed by atoms with Gasteiger partial charge in [0.15, 0.2) is 0 Å². The number of furan rings is 1. The van der Waals surface area contributed by atoms with Gasteiger partial charge in [-0.25, -0.2) is 0 Å². The van der Waals surface area contributed by atoms with Crippen molar-refractivity contribution in [3.05, 3.63) is 82.8 Å². The van der Waals surface area contributed by atoms with Crippen molar-refractivity contribution in [1.82, 2.24) is 0 Å². The van der Waals surface area contributed by atoms with E-state index in [9.17, 15) is 14.7 Å². The second kappa shape index (κ2) is 9.42. The van der Waals surface area contributed by atoms with Crippen LogP contribution in [0.5, 0.6) is 11.5 Å². The van der Waals surface area contributed by atoms with E-state index in [1.165, 1.54) is 24.3 Å². The second-order valence-corrected chi connectivity index (χ2v) is 7.78. The van der Waals surface area contributed by atoms with Gasteiger partial charge in [-0.05, 0) is 48.9 Å². The third-order valence-corrected chi connectivity index (χ3v) is 5.58. The van der Waals surface area contributed by atoms with Crippen molar-refractivity contribution >= 4 is 34.7 Å². The van der Waals surface area contributed by atoms with E-state index in [1.54, 1.807) is 48.5 Å². The van der Waals surface area contributed by atoms with E-state index >= 15 is 0 Å². The molecule has 33 heavy (non-hydrogen) atoms. The molecule has 1 unspecified atom stereocenters. The molecular formula is C25H22ClNO6. The zero-order valence-corrected chi connectivity index (χ0v) is 18.8. The number of carbonyl (C=O) groups is 2. The highest BCUT2D eigenvalue weighted by Crippen LogP contribution is 2.44. The number of aliphatic hydroxyl groups is 1. The Morgan fingerprint density at radius 2 is 1.94 bits per heavy atom. The quantitative estimate of drug-likeness (QED) is 0.286. The van der Waals surface area contributed by atoms with Crippen LogP contribution < -0.4 is 14.4 Å². The van der Waals surface area contributed by atoms with Crippen LogP contribution in [0.1, 0.15) is 30.7 Å². The Bertz CT molecular complexity index is 1220. The van der Waals surface area contributed by atoms with Gasteiger partial charge in [0.25, 0.3) is 11.7 Å². The third-order valence-electron chi connectivity index (χ3n) is 5.25. The summed E-state index contributed by atoms with van der Waals surface area (Å²) in [5.74, 6) is -0.762. The summed E-state index contributed by atoms with van der Waals surface area (Å²) in [7, 11) is 1.47. The number of methoxy groups -OCH3 is 1. The molecule has 1 aromatic heterocycles. The lowest BCUT2D eigenvalue weighted by molar-refractivity contribution is -0.132. The fourth-order valence-electron chi connectivity index (χ4n) is 3.72. The molecule has 0 radical (unpaired) electrons. The standard InChI is InChI=1S/C25H22ClNO6/c1-3-11-32-17-7-4-6-15(13-17)27-22(20-8-5-12-33-20)21(24(29)25(27)30)23(28)18-14-16(31-2)9-10-19(18)26/h4-10,12-14,22,28H,3,11H2,1-2H3/b23-21-. The van der Waals surface area contributed by atoms with Gasteiger partial charge in [-0.1, -0.05) is 24.6 Å². The molecule has 1 saturated heterocycles. The highest BCUT2D eigenvalue weighted by Gasteiger charge is 2.48. The number of aliphatic hydroxyl groups excluding tert-OH is 1. The van der Waals surface area contributed by atoms with Crippen LogP contribution in [0, 0.1) is 0 Å². The van der Waals surface area contributed by atoms with Crippen molar-refractivity contribution in [2.45, 2.75) is 19.4 Å². The fourth-order valence-corrected chi connectivity index (χ4v) is 3.92. The lowest BCUT2D eigenvalue weighted by atomic mass is 9.99. The maximum Gasteiger partial charge on any atom is 0.300 e. The summed E-state index contributed by atoms with van der Waals surface area (Å²) in [6.07, 6.45) is 2.26. The Hall–Kier alpha value is -3.71. The van der Waals surface area contributed by atoms with Gasteiger partial charge in [0, 0.05) is 17.3 Å². The largest absolute Gasteiger partial charge is 0.507 e. The molecule has 3 aromatic rings. The molecule has 1 aliphatic heterocycles. The summed E-state index contributed by atoms with van der Waals surface area (Å²) in [4.78, 5) is 27.6. The zero-order chi connectivity index (χ0) is 23.5. The minimum atomic E-state index is -0.997. The maximum absolute atomic E-state index is 13.2. The van der Waals surface area contributed by atoms with Gasteiger partial charge in [0.05, 0.1) is 30.6 Å². The van der Waals surface area contributed by atoms with Crippen LogP contribution in [0.2, 0.25) is 5.02 Å². The first kappa shape index (κ1) is 22.5. The molecule has 1 fully saturated rings. The van der Waals surface area contributed by atoms with E-state index in [1.807, 2.05) is 6.92 Å².